The average molecular weight is 221 g/mol. The fraction of sp³-hybridized carbons (Fsp3) is 1.00. The molecule has 0 saturated heterocycles. The van der Waals surface area contributed by atoms with E-state index in [9.17, 15) is 0 Å². The Morgan fingerprint density at radius 3 is 2.38 bits per heavy atom. The second-order valence-corrected chi connectivity index (χ2v) is 6.76. The highest BCUT2D eigenvalue weighted by atomic mass is 15.0. The Morgan fingerprint density at radius 2 is 1.81 bits per heavy atom. The lowest BCUT2D eigenvalue weighted by Gasteiger charge is -2.61. The molecule has 16 heavy (non-hydrogen) atoms. The minimum absolute atomic E-state index is 0.559. The minimum atomic E-state index is 0.559. The van der Waals surface area contributed by atoms with Crippen LogP contribution in [0.2, 0.25) is 0 Å². The molecular weight excluding hydrogens is 194 g/mol. The maximum Gasteiger partial charge on any atom is 0.0214 e. The molecule has 0 amide bonds. The maximum absolute atomic E-state index is 3.77. The molecule has 0 aliphatic heterocycles. The predicted molar refractivity (Wildman–Crippen MR) is 68.4 cm³/mol. The third kappa shape index (κ3) is 1.54. The Bertz CT molecular complexity index is 246. The Morgan fingerprint density at radius 1 is 1.12 bits per heavy atom. The quantitative estimate of drug-likeness (QED) is 0.765. The van der Waals surface area contributed by atoms with E-state index in [1.807, 2.05) is 0 Å². The van der Waals surface area contributed by atoms with Crippen molar-refractivity contribution in [2.45, 2.75) is 63.8 Å². The number of nitrogens with one attached hydrogen (secondary N) is 1. The van der Waals surface area contributed by atoms with Gasteiger partial charge in [-0.1, -0.05) is 19.8 Å². The molecule has 92 valence electrons. The highest BCUT2D eigenvalue weighted by molar-refractivity contribution is 5.10. The zero-order chi connectivity index (χ0) is 11.2. The summed E-state index contributed by atoms with van der Waals surface area (Å²) < 4.78 is 0. The third-order valence-corrected chi connectivity index (χ3v) is 5.89. The molecule has 0 heterocycles. The van der Waals surface area contributed by atoms with Crippen molar-refractivity contribution in [1.82, 2.24) is 5.32 Å². The number of rotatable bonds is 4. The van der Waals surface area contributed by atoms with Crippen molar-refractivity contribution in [1.29, 1.82) is 0 Å². The molecule has 3 unspecified atom stereocenters. The molecule has 4 aliphatic carbocycles. The van der Waals surface area contributed by atoms with Crippen LogP contribution in [-0.2, 0) is 0 Å². The molecule has 0 radical (unpaired) electrons. The summed E-state index contributed by atoms with van der Waals surface area (Å²) in [5.74, 6) is 4.22. The zero-order valence-corrected chi connectivity index (χ0v) is 11.0. The topological polar surface area (TPSA) is 12.0 Å². The Kier molecular flexibility index (Phi) is 2.78. The van der Waals surface area contributed by atoms with Crippen molar-refractivity contribution < 1.29 is 0 Å². The average Bonchev–Trinajstić information content (AvgIpc) is 2.27. The van der Waals surface area contributed by atoms with E-state index in [2.05, 4.69) is 19.3 Å². The van der Waals surface area contributed by atoms with Crippen LogP contribution in [0.4, 0.5) is 0 Å². The molecule has 1 heteroatoms. The first kappa shape index (κ1) is 11.1. The minimum Gasteiger partial charge on any atom is -0.314 e. The monoisotopic (exact) mass is 221 g/mol. The van der Waals surface area contributed by atoms with Gasteiger partial charge in [0.15, 0.2) is 0 Å². The highest BCUT2D eigenvalue weighted by Gasteiger charge is 2.55. The van der Waals surface area contributed by atoms with Crippen LogP contribution in [0, 0.1) is 23.7 Å². The van der Waals surface area contributed by atoms with E-state index in [-0.39, 0.29) is 0 Å². The lowest BCUT2D eigenvalue weighted by Crippen LogP contribution is -2.63. The lowest BCUT2D eigenvalue weighted by atomic mass is 9.47. The van der Waals surface area contributed by atoms with Crippen LogP contribution >= 0.6 is 0 Å². The van der Waals surface area contributed by atoms with Crippen LogP contribution in [0.25, 0.3) is 0 Å². The summed E-state index contributed by atoms with van der Waals surface area (Å²) in [5.41, 5.74) is 0.559. The molecule has 0 aromatic rings. The van der Waals surface area contributed by atoms with Crippen LogP contribution < -0.4 is 5.32 Å². The Hall–Kier alpha value is -0.0400. The molecule has 0 aromatic carbocycles. The fourth-order valence-electron chi connectivity index (χ4n) is 5.47. The van der Waals surface area contributed by atoms with Gasteiger partial charge in [-0.2, -0.15) is 0 Å². The Labute approximate surface area is 100 Å². The van der Waals surface area contributed by atoms with Crippen LogP contribution in [-0.4, -0.2) is 12.6 Å². The van der Waals surface area contributed by atoms with Gasteiger partial charge in [-0.05, 0) is 69.2 Å². The van der Waals surface area contributed by atoms with Gasteiger partial charge in [0.2, 0.25) is 0 Å². The number of hydrogen-bond acceptors (Lipinski definition) is 1. The van der Waals surface area contributed by atoms with E-state index in [0.717, 1.165) is 23.7 Å². The van der Waals surface area contributed by atoms with Crippen molar-refractivity contribution >= 4 is 0 Å². The van der Waals surface area contributed by atoms with Crippen molar-refractivity contribution in [3.05, 3.63) is 0 Å². The first-order chi connectivity index (χ1) is 7.77. The molecule has 4 bridgehead atoms. The first-order valence-corrected chi connectivity index (χ1v) is 7.46. The smallest absolute Gasteiger partial charge is 0.0214 e. The van der Waals surface area contributed by atoms with Crippen molar-refractivity contribution in [3.63, 3.8) is 0 Å². The largest absolute Gasteiger partial charge is 0.314 e. The second kappa shape index (κ2) is 4.01. The maximum atomic E-state index is 3.77. The summed E-state index contributed by atoms with van der Waals surface area (Å²) in [5, 5.41) is 3.77. The molecule has 0 aromatic heterocycles. The van der Waals surface area contributed by atoms with Crippen molar-refractivity contribution in [2.75, 3.05) is 7.05 Å². The molecule has 4 fully saturated rings. The standard InChI is InChI=1S/C15H27N/c1-3-4-5-14-13-7-11-6-12(8-13)10-15(14,9-11)16-2/h11-14,16H,3-10H2,1-2H3. The first-order valence-electron chi connectivity index (χ1n) is 7.46. The van der Waals surface area contributed by atoms with Gasteiger partial charge in [0.05, 0.1) is 0 Å². The van der Waals surface area contributed by atoms with Gasteiger partial charge in [0, 0.05) is 5.54 Å². The van der Waals surface area contributed by atoms with Gasteiger partial charge in [-0.15, -0.1) is 0 Å². The van der Waals surface area contributed by atoms with E-state index in [0.29, 0.717) is 5.54 Å². The van der Waals surface area contributed by atoms with Gasteiger partial charge < -0.3 is 5.32 Å². The van der Waals surface area contributed by atoms with E-state index in [1.54, 1.807) is 19.3 Å². The lowest BCUT2D eigenvalue weighted by molar-refractivity contribution is -0.0744. The van der Waals surface area contributed by atoms with Gasteiger partial charge >= 0.3 is 0 Å². The van der Waals surface area contributed by atoms with Crippen LogP contribution in [0.3, 0.4) is 0 Å². The SMILES string of the molecule is CCCCC1C2CC3CC(C2)CC1(NC)C3. The summed E-state index contributed by atoms with van der Waals surface area (Å²) in [4.78, 5) is 0. The van der Waals surface area contributed by atoms with Crippen molar-refractivity contribution in [3.8, 4) is 0 Å². The number of hydrogen-bond donors (Lipinski definition) is 1. The van der Waals surface area contributed by atoms with Crippen LogP contribution in [0.5, 0.6) is 0 Å². The van der Waals surface area contributed by atoms with E-state index in [4.69, 9.17) is 0 Å². The summed E-state index contributed by atoms with van der Waals surface area (Å²) in [6, 6.07) is 0. The van der Waals surface area contributed by atoms with Crippen molar-refractivity contribution in [2.24, 2.45) is 23.7 Å². The molecule has 4 rings (SSSR count). The van der Waals surface area contributed by atoms with Gasteiger partial charge in [0.1, 0.15) is 0 Å². The zero-order valence-electron chi connectivity index (χ0n) is 11.0. The highest BCUT2D eigenvalue weighted by Crippen LogP contribution is 2.59. The fourth-order valence-corrected chi connectivity index (χ4v) is 5.47. The summed E-state index contributed by atoms with van der Waals surface area (Å²) in [6.45, 7) is 2.34. The normalized spacial score (nSPS) is 49.9. The molecule has 4 aliphatic rings. The second-order valence-electron chi connectivity index (χ2n) is 6.76. The molecular formula is C15H27N. The summed E-state index contributed by atoms with van der Waals surface area (Å²) >= 11 is 0. The molecule has 0 spiro atoms. The summed E-state index contributed by atoms with van der Waals surface area (Å²) in [6.07, 6.45) is 12.0. The summed E-state index contributed by atoms with van der Waals surface area (Å²) in [7, 11) is 2.23. The van der Waals surface area contributed by atoms with Crippen LogP contribution in [0.1, 0.15) is 58.3 Å². The van der Waals surface area contributed by atoms with Gasteiger partial charge in [0.25, 0.3) is 0 Å². The third-order valence-electron chi connectivity index (χ3n) is 5.89. The Balaban J connectivity index is 1.81. The van der Waals surface area contributed by atoms with Gasteiger partial charge in [-0.3, -0.25) is 0 Å². The van der Waals surface area contributed by atoms with Crippen LogP contribution in [0.15, 0.2) is 0 Å². The molecule has 1 nitrogen and oxygen atoms in total. The molecule has 4 saturated carbocycles. The van der Waals surface area contributed by atoms with E-state index >= 15 is 0 Å². The van der Waals surface area contributed by atoms with E-state index in [1.165, 1.54) is 32.1 Å². The molecule has 3 atom stereocenters. The predicted octanol–water partition coefficient (Wildman–Crippen LogP) is 3.59. The van der Waals surface area contributed by atoms with Gasteiger partial charge in [-0.25, -0.2) is 0 Å². The number of unbranched alkanes of at least 4 members (excludes halogenated alkanes) is 1. The van der Waals surface area contributed by atoms with E-state index < -0.39 is 0 Å². The molecule has 1 N–H and O–H groups in total.